The average Bonchev–Trinajstić information content (AvgIpc) is 3.42. The third kappa shape index (κ3) is 4.33. The first-order chi connectivity index (χ1) is 16.7. The van der Waals surface area contributed by atoms with Crippen molar-refractivity contribution in [1.29, 1.82) is 0 Å². The molecular formula is C28H33N2O4SU-. The van der Waals surface area contributed by atoms with Gasteiger partial charge in [-0.1, -0.05) is 31.7 Å². The molecule has 1 aromatic heterocycles. The number of benzene rings is 2. The van der Waals surface area contributed by atoms with Crippen LogP contribution in [0.2, 0.25) is 0 Å². The molecule has 1 amide bonds. The molecule has 2 unspecified atom stereocenters. The van der Waals surface area contributed by atoms with Crippen LogP contribution in [0.3, 0.4) is 0 Å². The van der Waals surface area contributed by atoms with Crippen LogP contribution in [-0.4, -0.2) is 32.3 Å². The van der Waals surface area contributed by atoms with Crippen molar-refractivity contribution in [2.24, 2.45) is 5.41 Å². The number of ether oxygens (including phenoxy) is 1. The smallest absolute Gasteiger partial charge is 0.264 e. The van der Waals surface area contributed by atoms with Gasteiger partial charge in [0.25, 0.3) is 5.91 Å². The topological polar surface area (TPSA) is 77.4 Å². The average molecular weight is 732 g/mol. The molecule has 36 heavy (non-hydrogen) atoms. The van der Waals surface area contributed by atoms with Crippen molar-refractivity contribution in [3.8, 4) is 17.0 Å². The number of carbonyl (C=O) groups excluding carboxylic acids is 1. The van der Waals surface area contributed by atoms with Crippen molar-refractivity contribution >= 4 is 26.8 Å². The van der Waals surface area contributed by atoms with Gasteiger partial charge in [-0.2, -0.15) is 0 Å². The van der Waals surface area contributed by atoms with Crippen molar-refractivity contribution in [2.75, 3.05) is 13.4 Å². The van der Waals surface area contributed by atoms with Crippen LogP contribution in [0.4, 0.5) is 0 Å². The summed E-state index contributed by atoms with van der Waals surface area (Å²) in [6.45, 7) is 5.40. The van der Waals surface area contributed by atoms with Gasteiger partial charge in [-0.3, -0.25) is 4.79 Å². The van der Waals surface area contributed by atoms with E-state index in [4.69, 9.17) is 4.74 Å². The number of rotatable bonds is 4. The molecule has 2 fully saturated rings. The van der Waals surface area contributed by atoms with Gasteiger partial charge in [0.15, 0.2) is 0 Å². The summed E-state index contributed by atoms with van der Waals surface area (Å²) in [4.78, 5) is 12.7. The minimum absolute atomic E-state index is 0. The number of methoxy groups -OCH3 is 1. The van der Waals surface area contributed by atoms with Gasteiger partial charge in [-0.15, -0.1) is 5.41 Å². The van der Waals surface area contributed by atoms with E-state index in [0.29, 0.717) is 17.4 Å². The summed E-state index contributed by atoms with van der Waals surface area (Å²) in [6.07, 6.45) is 8.06. The SMILES string of the molecule is [CH2-]C12CC1c1cc(OC)ccc1-c1c(C3CCCCC3)c3ccc(C(=O)NS(C)(=O)=O)cc3n1C2.[HH].[U]. The summed E-state index contributed by atoms with van der Waals surface area (Å²) in [7, 11) is -1.94. The van der Waals surface area contributed by atoms with Crippen molar-refractivity contribution in [3.63, 3.8) is 0 Å². The molecular weight excluding hydrogens is 698 g/mol. The Hall–Kier alpha value is -1.75. The second kappa shape index (κ2) is 9.22. The molecule has 0 spiro atoms. The number of hydrogen-bond donors (Lipinski definition) is 1. The van der Waals surface area contributed by atoms with E-state index in [-0.39, 0.29) is 38.0 Å². The molecule has 0 bridgehead atoms. The quantitative estimate of drug-likeness (QED) is 0.354. The Balaban J connectivity index is 0.00000160. The first-order valence-electron chi connectivity index (χ1n) is 12.4. The fourth-order valence-electron chi connectivity index (χ4n) is 6.45. The van der Waals surface area contributed by atoms with E-state index in [9.17, 15) is 13.2 Å². The molecule has 2 saturated carbocycles. The van der Waals surface area contributed by atoms with Crippen molar-refractivity contribution < 1.29 is 50.5 Å². The zero-order valence-electron chi connectivity index (χ0n) is 20.8. The van der Waals surface area contributed by atoms with E-state index in [1.165, 1.54) is 41.6 Å². The van der Waals surface area contributed by atoms with Crippen LogP contribution in [0.15, 0.2) is 36.4 Å². The van der Waals surface area contributed by atoms with E-state index in [1.807, 2.05) is 18.2 Å². The maximum absolute atomic E-state index is 12.7. The number of carbonyl (C=O) groups is 1. The summed E-state index contributed by atoms with van der Waals surface area (Å²) in [5.74, 6) is 1.10. The molecule has 3 aliphatic rings. The molecule has 1 N–H and O–H groups in total. The van der Waals surface area contributed by atoms with Gasteiger partial charge in [-0.25, -0.2) is 13.1 Å². The zero-order valence-corrected chi connectivity index (χ0v) is 25.7. The number of sulfonamides is 1. The summed E-state index contributed by atoms with van der Waals surface area (Å²) < 4.78 is 33.4. The number of nitrogens with one attached hydrogen (secondary N) is 1. The largest absolute Gasteiger partial charge is 0.497 e. The predicted octanol–water partition coefficient (Wildman–Crippen LogP) is 5.62. The molecule has 8 heteroatoms. The number of hydrogen-bond acceptors (Lipinski definition) is 4. The van der Waals surface area contributed by atoms with Crippen LogP contribution in [0.25, 0.3) is 22.2 Å². The summed E-state index contributed by atoms with van der Waals surface area (Å²) in [6, 6.07) is 12.0. The third-order valence-corrected chi connectivity index (χ3v) is 8.77. The summed E-state index contributed by atoms with van der Waals surface area (Å²) >= 11 is 0. The Morgan fingerprint density at radius 1 is 1.17 bits per heavy atom. The molecule has 6 rings (SSSR count). The van der Waals surface area contributed by atoms with Crippen molar-refractivity contribution in [2.45, 2.75) is 56.9 Å². The minimum atomic E-state index is -3.65. The molecule has 2 aromatic carbocycles. The maximum Gasteiger partial charge on any atom is 0.264 e. The molecule has 1 aliphatic heterocycles. The second-order valence-corrected chi connectivity index (χ2v) is 12.4. The van der Waals surface area contributed by atoms with E-state index in [1.54, 1.807) is 13.2 Å². The Morgan fingerprint density at radius 3 is 2.61 bits per heavy atom. The first-order valence-corrected chi connectivity index (χ1v) is 14.3. The number of amides is 1. The van der Waals surface area contributed by atoms with Crippen molar-refractivity contribution in [3.05, 3.63) is 60.0 Å². The van der Waals surface area contributed by atoms with E-state index in [2.05, 4.69) is 28.3 Å². The fourth-order valence-corrected chi connectivity index (χ4v) is 6.91. The predicted molar refractivity (Wildman–Crippen MR) is 139 cm³/mol. The molecule has 0 saturated heterocycles. The molecule has 0 radical (unpaired) electrons. The minimum Gasteiger partial charge on any atom is -0.497 e. The first kappa shape index (κ1) is 25.9. The van der Waals surface area contributed by atoms with E-state index in [0.717, 1.165) is 48.7 Å². The van der Waals surface area contributed by atoms with Gasteiger partial charge in [0.2, 0.25) is 10.0 Å². The van der Waals surface area contributed by atoms with Gasteiger partial charge >= 0.3 is 0 Å². The molecule has 2 heterocycles. The Kier molecular flexibility index (Phi) is 6.63. The summed E-state index contributed by atoms with van der Waals surface area (Å²) in [5, 5.41) is 1.16. The fraction of sp³-hybridized carbons (Fsp3) is 0.429. The van der Waals surface area contributed by atoms with E-state index < -0.39 is 15.9 Å². The summed E-state index contributed by atoms with van der Waals surface area (Å²) in [5.41, 5.74) is 6.37. The molecule has 2 atom stereocenters. The molecule has 3 aromatic rings. The Labute approximate surface area is 238 Å². The monoisotopic (exact) mass is 731 g/mol. The van der Waals surface area contributed by atoms with E-state index >= 15 is 0 Å². The normalized spacial score (nSPS) is 23.0. The zero-order chi connectivity index (χ0) is 24.5. The third-order valence-electron chi connectivity index (χ3n) is 8.21. The maximum atomic E-state index is 12.7. The van der Waals surface area contributed by atoms with Crippen LogP contribution in [-0.2, 0) is 16.6 Å². The van der Waals surface area contributed by atoms with Crippen LogP contribution >= 0.6 is 0 Å². The van der Waals surface area contributed by atoms with Crippen molar-refractivity contribution in [1.82, 2.24) is 9.29 Å². The van der Waals surface area contributed by atoms with Crippen LogP contribution < -0.4 is 9.46 Å². The molecule has 2 aliphatic carbocycles. The van der Waals surface area contributed by atoms with Crippen LogP contribution in [0, 0.1) is 43.5 Å². The van der Waals surface area contributed by atoms with Crippen LogP contribution in [0.5, 0.6) is 5.75 Å². The van der Waals surface area contributed by atoms with Gasteiger partial charge in [0, 0.05) is 61.1 Å². The number of nitrogens with zero attached hydrogens (tertiary/aromatic N) is 1. The Morgan fingerprint density at radius 2 is 1.92 bits per heavy atom. The molecule has 190 valence electrons. The van der Waals surface area contributed by atoms with Gasteiger partial charge in [0.05, 0.1) is 19.1 Å². The molecule has 6 nitrogen and oxygen atoms in total. The second-order valence-electron chi connectivity index (χ2n) is 10.7. The standard InChI is InChI=1S/C28H31N2O4S.U.H2/c1-28-15-23(28)22-14-19(34-2)10-12-20(22)26-25(17-7-5-4-6-8-17)21-11-9-18(13-24(21)30(26)16-28)27(31)29-35(3,32)33;;/h9-14,17,23H,1,4-8,15-16H2,2-3H3,(H,29,31);;1H/q-1;;. The Bertz CT molecular complexity index is 1480. The van der Waals surface area contributed by atoms with Gasteiger partial charge < -0.3 is 16.2 Å². The number of aromatic nitrogens is 1. The van der Waals surface area contributed by atoms with Gasteiger partial charge in [0.1, 0.15) is 5.75 Å². The van der Waals surface area contributed by atoms with Crippen LogP contribution in [0.1, 0.15) is 73.3 Å². The van der Waals surface area contributed by atoms with Gasteiger partial charge in [-0.05, 0) is 66.1 Å². The number of fused-ring (bicyclic) bond motifs is 7.